The minimum Gasteiger partial charge on any atom is -0.502 e. The van der Waals surface area contributed by atoms with Gasteiger partial charge in [-0.2, -0.15) is 5.26 Å². The highest BCUT2D eigenvalue weighted by molar-refractivity contribution is 5.91. The summed E-state index contributed by atoms with van der Waals surface area (Å²) < 4.78 is 1.79. The van der Waals surface area contributed by atoms with E-state index in [0.29, 0.717) is 11.4 Å². The van der Waals surface area contributed by atoms with E-state index in [1.165, 1.54) is 24.3 Å². The van der Waals surface area contributed by atoms with Gasteiger partial charge in [0.2, 0.25) is 0 Å². The van der Waals surface area contributed by atoms with Crippen LogP contribution in [0.5, 0.6) is 5.75 Å². The van der Waals surface area contributed by atoms with Crippen molar-refractivity contribution < 1.29 is 10.0 Å². The summed E-state index contributed by atoms with van der Waals surface area (Å²) in [5, 5.41) is 29.9. The Balaban J connectivity index is 2.13. The second-order valence-corrected chi connectivity index (χ2v) is 5.16. The monoisotopic (exact) mass is 320 g/mol. The maximum atomic E-state index is 10.9. The van der Waals surface area contributed by atoms with Crippen molar-refractivity contribution in [3.05, 3.63) is 64.0 Å². The Morgan fingerprint density at radius 1 is 1.38 bits per heavy atom. The molecule has 0 saturated carbocycles. The van der Waals surface area contributed by atoms with Gasteiger partial charge in [0.1, 0.15) is 6.07 Å². The standard InChI is InChI=1S/C17H12N4O3/c1-20-14-5-3-2-4-13(14)19-17(20)12(10-18)8-11-6-7-16(22)15(9-11)21(23)24/h2-9,22H,1H3/b12-8+. The molecule has 0 bridgehead atoms. The Hall–Kier alpha value is -3.66. The second-order valence-electron chi connectivity index (χ2n) is 5.16. The van der Waals surface area contributed by atoms with Gasteiger partial charge in [-0.3, -0.25) is 10.1 Å². The van der Waals surface area contributed by atoms with Gasteiger partial charge in [0.05, 0.1) is 21.5 Å². The molecule has 3 aromatic rings. The molecule has 1 aromatic heterocycles. The summed E-state index contributed by atoms with van der Waals surface area (Å²) in [4.78, 5) is 14.7. The third kappa shape index (κ3) is 2.57. The van der Waals surface area contributed by atoms with Crippen molar-refractivity contribution in [1.29, 1.82) is 5.26 Å². The van der Waals surface area contributed by atoms with Crippen molar-refractivity contribution in [3.8, 4) is 11.8 Å². The van der Waals surface area contributed by atoms with E-state index in [9.17, 15) is 20.5 Å². The summed E-state index contributed by atoms with van der Waals surface area (Å²) in [7, 11) is 1.80. The zero-order valence-corrected chi connectivity index (χ0v) is 12.7. The van der Waals surface area contributed by atoms with Crippen molar-refractivity contribution in [2.75, 3.05) is 0 Å². The van der Waals surface area contributed by atoms with Crippen molar-refractivity contribution >= 4 is 28.4 Å². The number of nitro groups is 1. The van der Waals surface area contributed by atoms with Crippen LogP contribution in [0.25, 0.3) is 22.7 Å². The van der Waals surface area contributed by atoms with E-state index in [1.54, 1.807) is 11.6 Å². The third-order valence-corrected chi connectivity index (χ3v) is 3.66. The van der Waals surface area contributed by atoms with Crippen LogP contribution in [0.2, 0.25) is 0 Å². The van der Waals surface area contributed by atoms with E-state index in [4.69, 9.17) is 0 Å². The summed E-state index contributed by atoms with van der Waals surface area (Å²) in [6.07, 6.45) is 1.51. The predicted molar refractivity (Wildman–Crippen MR) is 89.0 cm³/mol. The average Bonchev–Trinajstić information content (AvgIpc) is 2.91. The average molecular weight is 320 g/mol. The molecule has 0 aliphatic carbocycles. The van der Waals surface area contributed by atoms with Crippen LogP contribution in [0.15, 0.2) is 42.5 Å². The Morgan fingerprint density at radius 3 is 2.79 bits per heavy atom. The first-order valence-electron chi connectivity index (χ1n) is 7.02. The summed E-state index contributed by atoms with van der Waals surface area (Å²) in [5.41, 5.74) is 1.93. The Bertz CT molecular complexity index is 1030. The summed E-state index contributed by atoms with van der Waals surface area (Å²) in [6.45, 7) is 0. The maximum absolute atomic E-state index is 10.9. The molecule has 0 amide bonds. The van der Waals surface area contributed by atoms with Gasteiger partial charge in [-0.15, -0.1) is 0 Å². The van der Waals surface area contributed by atoms with Crippen LogP contribution in [0, 0.1) is 21.4 Å². The quantitative estimate of drug-likeness (QED) is 0.453. The lowest BCUT2D eigenvalue weighted by Crippen LogP contribution is -1.96. The number of hydrogen-bond acceptors (Lipinski definition) is 5. The normalized spacial score (nSPS) is 11.4. The molecule has 1 heterocycles. The number of fused-ring (bicyclic) bond motifs is 1. The first-order valence-corrected chi connectivity index (χ1v) is 7.02. The van der Waals surface area contributed by atoms with Crippen molar-refractivity contribution in [2.24, 2.45) is 7.05 Å². The number of phenols is 1. The molecule has 0 saturated heterocycles. The van der Waals surface area contributed by atoms with Crippen LogP contribution in [-0.2, 0) is 7.05 Å². The lowest BCUT2D eigenvalue weighted by Gasteiger charge is -2.02. The highest BCUT2D eigenvalue weighted by atomic mass is 16.6. The van der Waals surface area contributed by atoms with Gasteiger partial charge in [-0.05, 0) is 29.8 Å². The Kier molecular flexibility index (Phi) is 3.72. The van der Waals surface area contributed by atoms with Crippen molar-refractivity contribution in [1.82, 2.24) is 9.55 Å². The fraction of sp³-hybridized carbons (Fsp3) is 0.0588. The molecule has 24 heavy (non-hydrogen) atoms. The molecule has 7 nitrogen and oxygen atoms in total. The van der Waals surface area contributed by atoms with Crippen LogP contribution in [0.1, 0.15) is 11.4 Å². The number of allylic oxidation sites excluding steroid dienone is 1. The molecule has 2 aromatic carbocycles. The van der Waals surface area contributed by atoms with Crippen LogP contribution < -0.4 is 0 Å². The molecule has 118 valence electrons. The van der Waals surface area contributed by atoms with E-state index in [1.807, 2.05) is 24.3 Å². The zero-order valence-electron chi connectivity index (χ0n) is 12.7. The number of aromatic nitrogens is 2. The minimum absolute atomic E-state index is 0.272. The Morgan fingerprint density at radius 2 is 2.12 bits per heavy atom. The summed E-state index contributed by atoms with van der Waals surface area (Å²) in [5.74, 6) is 0.0489. The molecule has 3 rings (SSSR count). The number of aromatic hydroxyl groups is 1. The van der Waals surface area contributed by atoms with Crippen LogP contribution in [0.4, 0.5) is 5.69 Å². The molecular formula is C17H12N4O3. The highest BCUT2D eigenvalue weighted by Gasteiger charge is 2.15. The van der Waals surface area contributed by atoms with E-state index in [2.05, 4.69) is 11.1 Å². The van der Waals surface area contributed by atoms with Gasteiger partial charge in [-0.1, -0.05) is 18.2 Å². The molecule has 0 atom stereocenters. The molecule has 0 fully saturated rings. The fourth-order valence-electron chi connectivity index (χ4n) is 2.48. The van der Waals surface area contributed by atoms with Crippen molar-refractivity contribution in [2.45, 2.75) is 0 Å². The number of nitriles is 1. The number of hydrogen-bond donors (Lipinski definition) is 1. The van der Waals surface area contributed by atoms with E-state index in [-0.39, 0.29) is 5.57 Å². The lowest BCUT2D eigenvalue weighted by molar-refractivity contribution is -0.385. The largest absolute Gasteiger partial charge is 0.502 e. The number of aryl methyl sites for hydroxylation is 1. The van der Waals surface area contributed by atoms with Crippen LogP contribution in [-0.4, -0.2) is 19.6 Å². The first kappa shape index (κ1) is 15.2. The molecular weight excluding hydrogens is 308 g/mol. The van der Waals surface area contributed by atoms with Gasteiger partial charge < -0.3 is 9.67 Å². The molecule has 0 aliphatic heterocycles. The maximum Gasteiger partial charge on any atom is 0.311 e. The fourth-order valence-corrected chi connectivity index (χ4v) is 2.48. The van der Waals surface area contributed by atoms with E-state index in [0.717, 1.165) is 11.0 Å². The number of nitro benzene ring substituents is 1. The van der Waals surface area contributed by atoms with Gasteiger partial charge in [0, 0.05) is 13.1 Å². The number of imidazole rings is 1. The van der Waals surface area contributed by atoms with Gasteiger partial charge in [-0.25, -0.2) is 4.98 Å². The Labute approximate surface area is 136 Å². The third-order valence-electron chi connectivity index (χ3n) is 3.66. The molecule has 0 unspecified atom stereocenters. The number of rotatable bonds is 3. The highest BCUT2D eigenvalue weighted by Crippen LogP contribution is 2.28. The van der Waals surface area contributed by atoms with E-state index < -0.39 is 16.4 Å². The first-order chi connectivity index (χ1) is 11.5. The topological polar surface area (TPSA) is 105 Å². The number of nitrogens with zero attached hydrogens (tertiary/aromatic N) is 4. The summed E-state index contributed by atoms with van der Waals surface area (Å²) in [6, 6.07) is 13.5. The smallest absolute Gasteiger partial charge is 0.311 e. The second kappa shape index (κ2) is 5.85. The van der Waals surface area contributed by atoms with Gasteiger partial charge >= 0.3 is 5.69 Å². The molecule has 0 aliphatic rings. The van der Waals surface area contributed by atoms with E-state index >= 15 is 0 Å². The lowest BCUT2D eigenvalue weighted by atomic mass is 10.1. The van der Waals surface area contributed by atoms with Crippen LogP contribution >= 0.6 is 0 Å². The van der Waals surface area contributed by atoms with Crippen molar-refractivity contribution in [3.63, 3.8) is 0 Å². The molecule has 1 N–H and O–H groups in total. The molecule has 0 radical (unpaired) electrons. The summed E-state index contributed by atoms with van der Waals surface area (Å²) >= 11 is 0. The van der Waals surface area contributed by atoms with Gasteiger partial charge in [0.25, 0.3) is 0 Å². The predicted octanol–water partition coefficient (Wildman–Crippen LogP) is 3.25. The van der Waals surface area contributed by atoms with Gasteiger partial charge in [0.15, 0.2) is 11.6 Å². The number of phenolic OH excluding ortho intramolecular Hbond substituents is 1. The molecule has 0 spiro atoms. The van der Waals surface area contributed by atoms with Crippen LogP contribution in [0.3, 0.4) is 0 Å². The number of benzene rings is 2. The number of para-hydroxylation sites is 2. The molecule has 7 heteroatoms. The SMILES string of the molecule is Cn1c(/C(C#N)=C/c2ccc(O)c([N+](=O)[O-])c2)nc2ccccc21. The zero-order chi connectivity index (χ0) is 17.3. The minimum atomic E-state index is -0.673.